The molecule has 3 rings (SSSR count). The van der Waals surface area contributed by atoms with E-state index in [9.17, 15) is 5.11 Å². The Morgan fingerprint density at radius 2 is 2.04 bits per heavy atom. The van der Waals surface area contributed by atoms with Gasteiger partial charge >= 0.3 is 0 Å². The maximum Gasteiger partial charge on any atom is 0.0924 e. The first kappa shape index (κ1) is 18.9. The van der Waals surface area contributed by atoms with Crippen molar-refractivity contribution in [1.29, 1.82) is 0 Å². The van der Waals surface area contributed by atoms with Crippen LogP contribution >= 0.6 is 22.9 Å². The fourth-order valence-corrected chi connectivity index (χ4v) is 5.35. The third-order valence-corrected chi connectivity index (χ3v) is 6.98. The van der Waals surface area contributed by atoms with Crippen LogP contribution in [0.2, 0.25) is 0 Å². The molecular weight excluding hydrogens is 350 g/mol. The van der Waals surface area contributed by atoms with Gasteiger partial charge in [0.1, 0.15) is 0 Å². The fourth-order valence-electron chi connectivity index (χ4n) is 4.19. The minimum atomic E-state index is -0.248. The van der Waals surface area contributed by atoms with E-state index in [1.165, 1.54) is 21.7 Å². The van der Waals surface area contributed by atoms with Crippen molar-refractivity contribution in [3.05, 3.63) is 51.5 Å². The molecule has 0 radical (unpaired) electrons. The zero-order valence-corrected chi connectivity index (χ0v) is 16.7. The third-order valence-electron chi connectivity index (χ3n) is 5.64. The summed E-state index contributed by atoms with van der Waals surface area (Å²) in [5.41, 5.74) is 4.09. The molecule has 2 aromatic rings. The second-order valence-corrected chi connectivity index (χ2v) is 8.97. The van der Waals surface area contributed by atoms with Crippen LogP contribution in [0.15, 0.2) is 29.8 Å². The molecule has 1 aromatic carbocycles. The molecule has 0 aliphatic heterocycles. The number of aliphatic hydroxyl groups is 1. The van der Waals surface area contributed by atoms with Gasteiger partial charge in [0, 0.05) is 17.0 Å². The number of aromatic nitrogens is 1. The van der Waals surface area contributed by atoms with Crippen molar-refractivity contribution in [1.82, 2.24) is 4.98 Å². The van der Waals surface area contributed by atoms with Gasteiger partial charge in [-0.25, -0.2) is 4.98 Å². The van der Waals surface area contributed by atoms with Gasteiger partial charge in [-0.15, -0.1) is 22.9 Å². The predicted octanol–water partition coefficient (Wildman–Crippen LogP) is 5.32. The highest BCUT2D eigenvalue weighted by Gasteiger charge is 2.40. The average Bonchev–Trinajstić information content (AvgIpc) is 3.18. The monoisotopic (exact) mass is 377 g/mol. The van der Waals surface area contributed by atoms with Gasteiger partial charge in [-0.05, 0) is 75.3 Å². The topological polar surface area (TPSA) is 33.1 Å². The van der Waals surface area contributed by atoms with Crippen molar-refractivity contribution in [2.75, 3.05) is 0 Å². The number of nitrogens with zero attached hydrogens (tertiary/aromatic N) is 1. The standard InChI is InChI=1S/C21H28ClNOS/c1-14-6-7-15(2)16(12-14)8-9-17-18(20(24)13-19(17)22)4-3-5-21-23-10-11-25-21/h6-7,10-12,17-20,24H,3-5,8-9,13H2,1-2H3/t17-,18-,19?,20?/m1/s1. The van der Waals surface area contributed by atoms with Crippen LogP contribution in [0.1, 0.15) is 47.4 Å². The van der Waals surface area contributed by atoms with Crippen LogP contribution in [-0.2, 0) is 12.8 Å². The second kappa shape index (κ2) is 8.66. The summed E-state index contributed by atoms with van der Waals surface area (Å²) in [7, 11) is 0. The summed E-state index contributed by atoms with van der Waals surface area (Å²) in [5, 5.41) is 13.8. The van der Waals surface area contributed by atoms with E-state index in [1.54, 1.807) is 11.3 Å². The van der Waals surface area contributed by atoms with Crippen LogP contribution in [0.25, 0.3) is 0 Å². The fraction of sp³-hybridized carbons (Fsp3) is 0.571. The summed E-state index contributed by atoms with van der Waals surface area (Å²) in [6.45, 7) is 4.33. The molecule has 1 saturated carbocycles. The molecule has 1 heterocycles. The zero-order valence-electron chi connectivity index (χ0n) is 15.1. The van der Waals surface area contributed by atoms with Crippen molar-refractivity contribution in [2.24, 2.45) is 11.8 Å². The Balaban J connectivity index is 1.58. The van der Waals surface area contributed by atoms with Crippen molar-refractivity contribution < 1.29 is 5.11 Å². The lowest BCUT2D eigenvalue weighted by molar-refractivity contribution is 0.108. The molecule has 1 aliphatic carbocycles. The second-order valence-electron chi connectivity index (χ2n) is 7.43. The molecule has 2 nitrogen and oxygen atoms in total. The molecule has 2 unspecified atom stereocenters. The van der Waals surface area contributed by atoms with Crippen molar-refractivity contribution in [3.8, 4) is 0 Å². The number of thiazole rings is 1. The Hall–Kier alpha value is -0.900. The van der Waals surface area contributed by atoms with Crippen LogP contribution in [0.3, 0.4) is 0 Å². The van der Waals surface area contributed by atoms with Crippen molar-refractivity contribution in [3.63, 3.8) is 0 Å². The number of hydrogen-bond acceptors (Lipinski definition) is 3. The maximum absolute atomic E-state index is 10.5. The number of rotatable bonds is 7. The highest BCUT2D eigenvalue weighted by Crippen LogP contribution is 2.41. The molecule has 0 bridgehead atoms. The molecule has 25 heavy (non-hydrogen) atoms. The summed E-state index contributed by atoms with van der Waals surface area (Å²) < 4.78 is 0. The highest BCUT2D eigenvalue weighted by molar-refractivity contribution is 7.09. The number of halogens is 1. The van der Waals surface area contributed by atoms with Crippen molar-refractivity contribution >= 4 is 22.9 Å². The van der Waals surface area contributed by atoms with Gasteiger partial charge in [-0.1, -0.05) is 23.8 Å². The Kier molecular flexibility index (Phi) is 6.54. The number of benzene rings is 1. The zero-order chi connectivity index (χ0) is 17.8. The van der Waals surface area contributed by atoms with Gasteiger partial charge in [-0.3, -0.25) is 0 Å². The first-order chi connectivity index (χ1) is 12.0. The quantitative estimate of drug-likeness (QED) is 0.662. The SMILES string of the molecule is Cc1ccc(C)c(CC[C@H]2C(Cl)CC(O)[C@@H]2CCCc2nccs2)c1. The van der Waals surface area contributed by atoms with E-state index in [4.69, 9.17) is 11.6 Å². The molecule has 136 valence electrons. The maximum atomic E-state index is 10.5. The summed E-state index contributed by atoms with van der Waals surface area (Å²) in [5.74, 6) is 0.737. The van der Waals surface area contributed by atoms with Crippen LogP contribution in [0.5, 0.6) is 0 Å². The normalized spacial score (nSPS) is 26.2. The first-order valence-electron chi connectivity index (χ1n) is 9.31. The lowest BCUT2D eigenvalue weighted by Gasteiger charge is -2.24. The molecule has 4 heteroatoms. The minimum absolute atomic E-state index is 0.102. The predicted molar refractivity (Wildman–Crippen MR) is 107 cm³/mol. The van der Waals surface area contributed by atoms with Crippen LogP contribution in [0, 0.1) is 25.7 Å². The summed E-state index contributed by atoms with van der Waals surface area (Å²) in [6, 6.07) is 6.67. The lowest BCUT2D eigenvalue weighted by Crippen LogP contribution is -2.21. The Morgan fingerprint density at radius 3 is 2.80 bits per heavy atom. The Morgan fingerprint density at radius 1 is 1.20 bits per heavy atom. The number of aliphatic hydroxyl groups excluding tert-OH is 1. The van der Waals surface area contributed by atoms with Gasteiger partial charge in [0.25, 0.3) is 0 Å². The molecule has 1 aliphatic rings. The van der Waals surface area contributed by atoms with Crippen LogP contribution < -0.4 is 0 Å². The minimum Gasteiger partial charge on any atom is -0.393 e. The van der Waals surface area contributed by atoms with Gasteiger partial charge < -0.3 is 5.11 Å². The van der Waals surface area contributed by atoms with Crippen molar-refractivity contribution in [2.45, 2.75) is 63.9 Å². The molecule has 1 aromatic heterocycles. The largest absolute Gasteiger partial charge is 0.393 e. The lowest BCUT2D eigenvalue weighted by atomic mass is 9.85. The molecule has 0 saturated heterocycles. The summed E-state index contributed by atoms with van der Waals surface area (Å²) in [6.07, 6.45) is 7.61. The van der Waals surface area contributed by atoms with Gasteiger partial charge in [0.2, 0.25) is 0 Å². The molecule has 0 amide bonds. The molecule has 1 N–H and O–H groups in total. The van der Waals surface area contributed by atoms with Gasteiger partial charge in [0.05, 0.1) is 11.1 Å². The first-order valence-corrected chi connectivity index (χ1v) is 10.6. The molecule has 1 fully saturated rings. The van der Waals surface area contributed by atoms with Gasteiger partial charge in [-0.2, -0.15) is 0 Å². The summed E-state index contributed by atoms with van der Waals surface area (Å²) in [4.78, 5) is 4.36. The van der Waals surface area contributed by atoms with E-state index in [0.717, 1.165) is 38.5 Å². The number of aryl methyl sites for hydroxylation is 4. The van der Waals surface area contributed by atoms with E-state index in [0.29, 0.717) is 11.8 Å². The van der Waals surface area contributed by atoms with E-state index >= 15 is 0 Å². The van der Waals surface area contributed by atoms with Crippen LogP contribution in [0.4, 0.5) is 0 Å². The molecule has 4 atom stereocenters. The smallest absolute Gasteiger partial charge is 0.0924 e. The van der Waals surface area contributed by atoms with E-state index < -0.39 is 0 Å². The highest BCUT2D eigenvalue weighted by atomic mass is 35.5. The molecular formula is C21H28ClNOS. The molecule has 0 spiro atoms. The van der Waals surface area contributed by atoms with E-state index in [2.05, 4.69) is 37.0 Å². The van der Waals surface area contributed by atoms with Gasteiger partial charge in [0.15, 0.2) is 0 Å². The third kappa shape index (κ3) is 4.84. The number of alkyl halides is 1. The van der Waals surface area contributed by atoms with E-state index in [-0.39, 0.29) is 11.5 Å². The van der Waals surface area contributed by atoms with E-state index in [1.807, 2.05) is 11.6 Å². The Bertz CT molecular complexity index is 673. The average molecular weight is 378 g/mol. The Labute approximate surface area is 160 Å². The van der Waals surface area contributed by atoms with Crippen LogP contribution in [-0.4, -0.2) is 21.6 Å². The number of hydrogen-bond donors (Lipinski definition) is 1. The summed E-state index contributed by atoms with van der Waals surface area (Å²) >= 11 is 8.33.